The molecule has 0 aromatic heterocycles. The van der Waals surface area contributed by atoms with Gasteiger partial charge in [-0.15, -0.1) is 0 Å². The lowest BCUT2D eigenvalue weighted by Crippen LogP contribution is -2.71. The first-order valence-electron chi connectivity index (χ1n) is 13.3. The lowest BCUT2D eigenvalue weighted by Gasteiger charge is -2.55. The number of nitrogens with two attached hydrogens (primary N) is 2. The third kappa shape index (κ3) is 4.05. The molecule has 0 bridgehead atoms. The van der Waals surface area contributed by atoms with Crippen molar-refractivity contribution in [2.24, 2.45) is 17.6 Å². The summed E-state index contributed by atoms with van der Waals surface area (Å²) in [7, 11) is 3.03. The molecule has 2 aromatic rings. The van der Waals surface area contributed by atoms with Gasteiger partial charge in [0.2, 0.25) is 11.7 Å². The number of phenolic OH excluding ortho intramolecular Hbond substituents is 1. The van der Waals surface area contributed by atoms with Gasteiger partial charge in [0, 0.05) is 29.1 Å². The van der Waals surface area contributed by atoms with E-state index >= 15 is 0 Å². The first kappa shape index (κ1) is 28.8. The number of aliphatic hydroxyl groups excluding tert-OH is 2. The summed E-state index contributed by atoms with van der Waals surface area (Å²) >= 11 is 0. The van der Waals surface area contributed by atoms with Crippen LogP contribution in [0.1, 0.15) is 34.3 Å². The van der Waals surface area contributed by atoms with Crippen LogP contribution in [0.2, 0.25) is 0 Å². The highest BCUT2D eigenvalue weighted by molar-refractivity contribution is 6.25. The maximum absolute atomic E-state index is 13.9. The zero-order chi connectivity index (χ0) is 30.8. The number of ketones is 2. The number of amides is 2. The summed E-state index contributed by atoms with van der Waals surface area (Å²) in [4.78, 5) is 55.0. The fraction of sp³-hybridized carbons (Fsp3) is 0.333. The second kappa shape index (κ2) is 10.00. The van der Waals surface area contributed by atoms with Gasteiger partial charge in [0.05, 0.1) is 18.0 Å². The number of phenols is 1. The largest absolute Gasteiger partial charge is 0.510 e. The average Bonchev–Trinajstić information content (AvgIpc) is 2.91. The number of rotatable bonds is 5. The summed E-state index contributed by atoms with van der Waals surface area (Å²) in [6, 6.07) is 8.54. The van der Waals surface area contributed by atoms with Crippen molar-refractivity contribution < 1.29 is 39.6 Å². The third-order valence-electron chi connectivity index (χ3n) is 8.71. The van der Waals surface area contributed by atoms with Crippen LogP contribution in [0.5, 0.6) is 5.75 Å². The van der Waals surface area contributed by atoms with Crippen LogP contribution in [-0.4, -0.2) is 80.5 Å². The van der Waals surface area contributed by atoms with E-state index in [1.165, 1.54) is 25.1 Å². The van der Waals surface area contributed by atoms with Gasteiger partial charge in [0.1, 0.15) is 22.8 Å². The van der Waals surface area contributed by atoms with Crippen LogP contribution in [0.4, 0.5) is 5.69 Å². The van der Waals surface area contributed by atoms with Gasteiger partial charge in [-0.05, 0) is 49.3 Å². The Bertz CT molecular complexity index is 1590. The van der Waals surface area contributed by atoms with Gasteiger partial charge in [0.15, 0.2) is 11.4 Å². The molecule has 9 N–H and O–H groups in total. The molecule has 3 aliphatic carbocycles. The first-order chi connectivity index (χ1) is 19.7. The van der Waals surface area contributed by atoms with Crippen molar-refractivity contribution in [2.75, 3.05) is 19.8 Å². The number of likely N-dealkylation sites (N-methyl/N-ethyl adjacent to an activating group) is 1. The van der Waals surface area contributed by atoms with Gasteiger partial charge in [-0.25, -0.2) is 0 Å². The molecule has 6 atom stereocenters. The molecule has 220 valence electrons. The maximum atomic E-state index is 13.9. The smallest absolute Gasteiger partial charge is 0.255 e. The Morgan fingerprint density at radius 3 is 2.29 bits per heavy atom. The minimum absolute atomic E-state index is 0.113. The molecule has 0 aliphatic heterocycles. The predicted octanol–water partition coefficient (Wildman–Crippen LogP) is 0.601. The van der Waals surface area contributed by atoms with Gasteiger partial charge in [-0.1, -0.05) is 31.2 Å². The molecular weight excluding hydrogens is 544 g/mol. The Labute approximate surface area is 240 Å². The van der Waals surface area contributed by atoms with Gasteiger partial charge >= 0.3 is 0 Å². The van der Waals surface area contributed by atoms with Crippen LogP contribution in [0.15, 0.2) is 65.1 Å². The molecule has 2 amide bonds. The van der Waals surface area contributed by atoms with E-state index in [-0.39, 0.29) is 23.3 Å². The lowest BCUT2D eigenvalue weighted by molar-refractivity contribution is -0.153. The minimum atomic E-state index is -2.94. The summed E-state index contributed by atoms with van der Waals surface area (Å²) in [5.74, 6) is -9.35. The van der Waals surface area contributed by atoms with Crippen molar-refractivity contribution >= 4 is 29.1 Å². The summed E-state index contributed by atoms with van der Waals surface area (Å²) in [6.45, 7) is 1.73. The van der Waals surface area contributed by atoms with E-state index < -0.39 is 75.9 Å². The number of nitrogen functional groups attached to an aromatic ring is 1. The molecule has 0 saturated carbocycles. The Balaban J connectivity index is 1.75. The second-order valence-corrected chi connectivity index (χ2v) is 11.3. The summed E-state index contributed by atoms with van der Waals surface area (Å²) < 4.78 is 0. The van der Waals surface area contributed by atoms with E-state index in [4.69, 9.17) is 11.5 Å². The van der Waals surface area contributed by atoms with E-state index in [0.29, 0.717) is 16.8 Å². The van der Waals surface area contributed by atoms with Crippen molar-refractivity contribution in [3.63, 3.8) is 0 Å². The SMILES string of the molecule is C[C@@H]1c2cccc(O)c2C(=O)C2=C(O)C3(O)C(=O)C(C(N)=O)=C(O)[C@H](N(C)C)[C@H]3[C@@H](NC(=O)Cc3ccc(N)cc3)[C@@H]21. The molecule has 2 aromatic carbocycles. The van der Waals surface area contributed by atoms with Gasteiger partial charge in [-0.2, -0.15) is 0 Å². The fourth-order valence-electron chi connectivity index (χ4n) is 6.87. The van der Waals surface area contributed by atoms with Crippen molar-refractivity contribution in [1.82, 2.24) is 10.2 Å². The van der Waals surface area contributed by atoms with Gasteiger partial charge < -0.3 is 37.2 Å². The van der Waals surface area contributed by atoms with Crippen LogP contribution in [-0.2, 0) is 20.8 Å². The van der Waals surface area contributed by atoms with Crippen LogP contribution in [0.3, 0.4) is 0 Å². The molecule has 42 heavy (non-hydrogen) atoms. The Kier molecular flexibility index (Phi) is 6.86. The molecule has 12 heteroatoms. The standard InChI is InChI=1S/C30H32N4O8/c1-12-15-5-4-6-16(35)19(15)25(37)20-18(12)23(33-17(36)11-13-7-9-14(31)10-8-13)22-24(34(2)3)26(38)21(29(32)41)28(40)30(22,42)27(20)39/h4-10,12,18,22-24,35,38-39,42H,11,31H2,1-3H3,(H2,32,41)(H,33,36)/t12-,18-,22-,23+,24-,30?/m1/s1. The number of nitrogens with zero attached hydrogens (tertiary/aromatic N) is 1. The summed E-state index contributed by atoms with van der Waals surface area (Å²) in [5, 5.41) is 48.4. The van der Waals surface area contributed by atoms with Crippen molar-refractivity contribution in [3.8, 4) is 5.75 Å². The number of carbonyl (C=O) groups is 4. The van der Waals surface area contributed by atoms with Gasteiger partial charge in [0.25, 0.3) is 5.91 Å². The molecule has 0 fully saturated rings. The number of aliphatic hydroxyl groups is 3. The maximum Gasteiger partial charge on any atom is 0.255 e. The van der Waals surface area contributed by atoms with E-state index in [9.17, 15) is 39.6 Å². The molecular formula is C30H32N4O8. The van der Waals surface area contributed by atoms with Crippen LogP contribution in [0.25, 0.3) is 0 Å². The normalized spacial score (nSPS) is 28.7. The molecule has 1 unspecified atom stereocenters. The number of fused-ring (bicyclic) bond motifs is 3. The zero-order valence-corrected chi connectivity index (χ0v) is 23.2. The Hall–Kier alpha value is -4.68. The second-order valence-electron chi connectivity index (χ2n) is 11.3. The predicted molar refractivity (Wildman–Crippen MR) is 150 cm³/mol. The number of anilines is 1. The lowest BCUT2D eigenvalue weighted by atomic mass is 9.54. The minimum Gasteiger partial charge on any atom is -0.510 e. The molecule has 12 nitrogen and oxygen atoms in total. The Morgan fingerprint density at radius 2 is 1.69 bits per heavy atom. The highest BCUT2D eigenvalue weighted by atomic mass is 16.3. The van der Waals surface area contributed by atoms with Crippen molar-refractivity contribution in [2.45, 2.75) is 36.9 Å². The van der Waals surface area contributed by atoms with Gasteiger partial charge in [-0.3, -0.25) is 24.1 Å². The molecule has 3 aliphatic rings. The summed E-state index contributed by atoms with van der Waals surface area (Å²) in [5.41, 5.74) is 8.37. The topological polar surface area (TPSA) is 217 Å². The quantitative estimate of drug-likeness (QED) is 0.194. The highest BCUT2D eigenvalue weighted by Crippen LogP contribution is 2.55. The third-order valence-corrected chi connectivity index (χ3v) is 8.71. The van der Waals surface area contributed by atoms with E-state index in [1.807, 2.05) is 0 Å². The van der Waals surface area contributed by atoms with Crippen LogP contribution >= 0.6 is 0 Å². The van der Waals surface area contributed by atoms with E-state index in [1.54, 1.807) is 43.3 Å². The number of aromatic hydroxyl groups is 1. The molecule has 0 radical (unpaired) electrons. The Morgan fingerprint density at radius 1 is 1.05 bits per heavy atom. The van der Waals surface area contributed by atoms with Crippen molar-refractivity contribution in [3.05, 3.63) is 81.8 Å². The zero-order valence-electron chi connectivity index (χ0n) is 23.2. The molecule has 0 saturated heterocycles. The van der Waals surface area contributed by atoms with Crippen LogP contribution in [0, 0.1) is 11.8 Å². The van der Waals surface area contributed by atoms with E-state index in [2.05, 4.69) is 5.32 Å². The monoisotopic (exact) mass is 576 g/mol. The first-order valence-corrected chi connectivity index (χ1v) is 13.3. The fourth-order valence-corrected chi connectivity index (χ4v) is 6.87. The average molecular weight is 577 g/mol. The number of Topliss-reactive ketones (excluding diaryl/α,β-unsaturated/α-hetero) is 2. The highest BCUT2D eigenvalue weighted by Gasteiger charge is 2.67. The molecule has 0 spiro atoms. The number of nitrogens with one attached hydrogen (secondary N) is 1. The number of hydrogen-bond acceptors (Lipinski definition) is 10. The number of carbonyl (C=O) groups excluding carboxylic acids is 4. The number of hydrogen-bond donors (Lipinski definition) is 7. The molecule has 0 heterocycles. The summed E-state index contributed by atoms with van der Waals surface area (Å²) in [6.07, 6.45) is -0.131. The molecule has 5 rings (SSSR count). The van der Waals surface area contributed by atoms with E-state index in [0.717, 1.165) is 0 Å². The number of primary amides is 1. The van der Waals surface area contributed by atoms with Crippen molar-refractivity contribution in [1.29, 1.82) is 0 Å². The number of benzene rings is 2. The van der Waals surface area contributed by atoms with Crippen LogP contribution < -0.4 is 16.8 Å².